The van der Waals surface area contributed by atoms with Gasteiger partial charge >= 0.3 is 5.97 Å². The predicted molar refractivity (Wildman–Crippen MR) is 103 cm³/mol. The van der Waals surface area contributed by atoms with Gasteiger partial charge in [-0.15, -0.1) is 0 Å². The highest BCUT2D eigenvalue weighted by molar-refractivity contribution is 5.95. The summed E-state index contributed by atoms with van der Waals surface area (Å²) < 4.78 is 33.2. The van der Waals surface area contributed by atoms with E-state index in [1.165, 1.54) is 6.07 Å². The van der Waals surface area contributed by atoms with Crippen molar-refractivity contribution in [3.8, 4) is 0 Å². The molecule has 1 fully saturated rings. The second-order valence-electron chi connectivity index (χ2n) is 7.07. The van der Waals surface area contributed by atoms with Crippen LogP contribution in [0.25, 0.3) is 0 Å². The summed E-state index contributed by atoms with van der Waals surface area (Å²) in [5.74, 6) is -0.193. The van der Waals surface area contributed by atoms with E-state index >= 15 is 0 Å². The Morgan fingerprint density at radius 3 is 3.03 bits per heavy atom. The molecule has 3 aliphatic heterocycles. The van der Waals surface area contributed by atoms with Crippen LogP contribution in [0.4, 0.5) is 8.78 Å². The number of nitrogens with one attached hydrogen (secondary N) is 2. The number of esters is 1. The van der Waals surface area contributed by atoms with Crippen molar-refractivity contribution >= 4 is 11.8 Å². The maximum atomic E-state index is 14.3. The average Bonchev–Trinajstić information content (AvgIpc) is 3.34. The molecule has 2 N–H and O–H groups in total. The quantitative estimate of drug-likeness (QED) is 0.751. The molecule has 154 valence electrons. The lowest BCUT2D eigenvalue weighted by Crippen LogP contribution is -2.60. The number of hydrogen-bond donors (Lipinski definition) is 2. The molecule has 3 aliphatic rings. The van der Waals surface area contributed by atoms with Crippen LogP contribution >= 0.6 is 0 Å². The molecule has 7 nitrogen and oxygen atoms in total. The summed E-state index contributed by atoms with van der Waals surface area (Å²) in [6.07, 6.45) is 6.75. The van der Waals surface area contributed by atoms with Gasteiger partial charge in [0.05, 0.1) is 12.6 Å². The van der Waals surface area contributed by atoms with Crippen molar-refractivity contribution in [2.45, 2.75) is 31.5 Å². The molecule has 1 saturated heterocycles. The van der Waals surface area contributed by atoms with E-state index in [4.69, 9.17) is 4.74 Å². The fraction of sp³-hybridized carbons (Fsp3) is 0.400. The van der Waals surface area contributed by atoms with Gasteiger partial charge in [0, 0.05) is 24.4 Å². The Kier molecular flexibility index (Phi) is 5.10. The third kappa shape index (κ3) is 3.40. The van der Waals surface area contributed by atoms with Gasteiger partial charge in [-0.3, -0.25) is 10.3 Å². The summed E-state index contributed by atoms with van der Waals surface area (Å²) in [4.78, 5) is 19.0. The van der Waals surface area contributed by atoms with Crippen LogP contribution in [-0.4, -0.2) is 47.6 Å². The molecule has 0 aliphatic carbocycles. The van der Waals surface area contributed by atoms with E-state index in [-0.39, 0.29) is 12.6 Å². The Bertz CT molecular complexity index is 916. The molecule has 3 heterocycles. The predicted octanol–water partition coefficient (Wildman–Crippen LogP) is 2.17. The first-order chi connectivity index (χ1) is 14.0. The molecular weight excluding hydrogens is 380 g/mol. The van der Waals surface area contributed by atoms with E-state index in [0.29, 0.717) is 30.2 Å². The first kappa shape index (κ1) is 19.5. The fourth-order valence-corrected chi connectivity index (χ4v) is 3.91. The molecule has 4 rings (SSSR count). The summed E-state index contributed by atoms with van der Waals surface area (Å²) >= 11 is 0. The number of hydrogen-bond acceptors (Lipinski definition) is 7. The standard InChI is InChI=1S/C20H23F2N5O2/c1-3-29-19(28)20(23-2)12-18-24-17(8-10-27(18)25-20)26-9-4-5-16(26)14-11-13(21)6-7-15(14)22/h6-8,10-12,16,23,25H,3-5,9H2,1-2H3/t16?,20-/m1/s1. The molecular formula is C20H23F2N5O2. The number of likely N-dealkylation sites (N-methyl/N-ethyl adjacent to an activating group) is 1. The number of nitrogens with zero attached hydrogens (tertiary/aromatic N) is 3. The average molecular weight is 403 g/mol. The number of benzene rings is 1. The van der Waals surface area contributed by atoms with Crippen molar-refractivity contribution in [2.75, 3.05) is 20.2 Å². The molecule has 0 amide bonds. The van der Waals surface area contributed by atoms with Crippen molar-refractivity contribution < 1.29 is 18.3 Å². The first-order valence-electron chi connectivity index (χ1n) is 9.62. The Morgan fingerprint density at radius 2 is 2.28 bits per heavy atom. The molecule has 1 unspecified atom stereocenters. The van der Waals surface area contributed by atoms with E-state index < -0.39 is 23.3 Å². The summed E-state index contributed by atoms with van der Waals surface area (Å²) in [5.41, 5.74) is 2.16. The SMILES string of the molecule is CCOC(=O)[C@@]1(NC)C=C2N=C(N3CCCC3c3cc(F)ccc3F)C=CN2N1. The number of aliphatic imine (C=N–C) groups is 1. The second-order valence-corrected chi connectivity index (χ2v) is 7.07. The van der Waals surface area contributed by atoms with Gasteiger partial charge in [-0.05, 0) is 51.1 Å². The Balaban J connectivity index is 1.64. The molecule has 1 aromatic rings. The lowest BCUT2D eigenvalue weighted by atomic mass is 10.0. The highest BCUT2D eigenvalue weighted by Gasteiger charge is 2.45. The number of ether oxygens (including phenoxy) is 1. The van der Waals surface area contributed by atoms with Gasteiger partial charge in [-0.1, -0.05) is 0 Å². The Morgan fingerprint density at radius 1 is 1.45 bits per heavy atom. The van der Waals surface area contributed by atoms with Crippen LogP contribution in [0.15, 0.2) is 47.4 Å². The number of fused-ring (bicyclic) bond motifs is 1. The van der Waals surface area contributed by atoms with E-state index in [1.54, 1.807) is 37.3 Å². The second kappa shape index (κ2) is 7.57. The molecule has 0 saturated carbocycles. The highest BCUT2D eigenvalue weighted by atomic mass is 19.1. The Hall–Kier alpha value is -2.78. The molecule has 0 spiro atoms. The smallest absolute Gasteiger partial charge is 0.347 e. The minimum absolute atomic E-state index is 0.256. The van der Waals surface area contributed by atoms with Crippen molar-refractivity contribution in [3.05, 3.63) is 59.6 Å². The number of hydrazine groups is 1. The lowest BCUT2D eigenvalue weighted by molar-refractivity contribution is -0.151. The minimum Gasteiger partial charge on any atom is -0.463 e. The number of carbonyl (C=O) groups is 1. The maximum Gasteiger partial charge on any atom is 0.347 e. The van der Waals surface area contributed by atoms with E-state index in [1.807, 2.05) is 4.90 Å². The highest BCUT2D eigenvalue weighted by Crippen LogP contribution is 2.36. The van der Waals surface area contributed by atoms with E-state index in [0.717, 1.165) is 18.6 Å². The molecule has 9 heteroatoms. The third-order valence-corrected chi connectivity index (χ3v) is 5.35. The topological polar surface area (TPSA) is 69.2 Å². The van der Waals surface area contributed by atoms with Crippen LogP contribution in [0.5, 0.6) is 0 Å². The van der Waals surface area contributed by atoms with Crippen LogP contribution < -0.4 is 10.7 Å². The van der Waals surface area contributed by atoms with Crippen molar-refractivity contribution in [3.63, 3.8) is 0 Å². The zero-order chi connectivity index (χ0) is 20.6. The van der Waals surface area contributed by atoms with Crippen LogP contribution in [0.2, 0.25) is 0 Å². The summed E-state index contributed by atoms with van der Waals surface area (Å²) in [7, 11) is 1.65. The Labute approximate surface area is 167 Å². The van der Waals surface area contributed by atoms with Crippen LogP contribution in [0, 0.1) is 11.6 Å². The van der Waals surface area contributed by atoms with Crippen LogP contribution in [0.3, 0.4) is 0 Å². The third-order valence-electron chi connectivity index (χ3n) is 5.35. The van der Waals surface area contributed by atoms with Gasteiger partial charge in [0.1, 0.15) is 23.3 Å². The number of carbonyl (C=O) groups excluding carboxylic acids is 1. The van der Waals surface area contributed by atoms with Crippen LogP contribution in [-0.2, 0) is 9.53 Å². The summed E-state index contributed by atoms with van der Waals surface area (Å²) in [6, 6.07) is 3.23. The van der Waals surface area contributed by atoms with E-state index in [9.17, 15) is 13.6 Å². The zero-order valence-corrected chi connectivity index (χ0v) is 16.3. The van der Waals surface area contributed by atoms with Crippen LogP contribution in [0.1, 0.15) is 31.4 Å². The summed E-state index contributed by atoms with van der Waals surface area (Å²) in [6.45, 7) is 2.68. The van der Waals surface area contributed by atoms with Gasteiger partial charge in [-0.25, -0.2) is 18.6 Å². The number of rotatable bonds is 4. The molecule has 29 heavy (non-hydrogen) atoms. The van der Waals surface area contributed by atoms with Gasteiger partial charge < -0.3 is 9.64 Å². The van der Waals surface area contributed by atoms with Gasteiger partial charge in [0.2, 0.25) is 5.66 Å². The van der Waals surface area contributed by atoms with Gasteiger partial charge in [-0.2, -0.15) is 5.43 Å². The lowest BCUT2D eigenvalue weighted by Gasteiger charge is -2.31. The van der Waals surface area contributed by atoms with Crippen molar-refractivity contribution in [1.82, 2.24) is 20.7 Å². The molecule has 1 aromatic carbocycles. The largest absolute Gasteiger partial charge is 0.463 e. The van der Waals surface area contributed by atoms with Gasteiger partial charge in [0.15, 0.2) is 0 Å². The molecule has 0 radical (unpaired) electrons. The molecule has 2 atom stereocenters. The van der Waals surface area contributed by atoms with Gasteiger partial charge in [0.25, 0.3) is 0 Å². The number of amidine groups is 1. The zero-order valence-electron chi connectivity index (χ0n) is 16.3. The molecule has 0 bridgehead atoms. The number of likely N-dealkylation sites (tertiary alicyclic amines) is 1. The maximum absolute atomic E-state index is 14.3. The fourth-order valence-electron chi connectivity index (χ4n) is 3.91. The minimum atomic E-state index is -1.21. The normalized spacial score (nSPS) is 25.7. The van der Waals surface area contributed by atoms with Crippen molar-refractivity contribution in [1.29, 1.82) is 0 Å². The monoisotopic (exact) mass is 403 g/mol. The van der Waals surface area contributed by atoms with E-state index in [2.05, 4.69) is 15.7 Å². The van der Waals surface area contributed by atoms with Crippen molar-refractivity contribution in [2.24, 2.45) is 4.99 Å². The summed E-state index contributed by atoms with van der Waals surface area (Å²) in [5, 5.41) is 4.57. The first-order valence-corrected chi connectivity index (χ1v) is 9.62. The number of halogens is 2. The molecule has 0 aromatic heterocycles.